The summed E-state index contributed by atoms with van der Waals surface area (Å²) in [6, 6.07) is 0. The molecule has 9 nitrogen and oxygen atoms in total. The highest BCUT2D eigenvalue weighted by Crippen LogP contribution is 2.75. The minimum absolute atomic E-state index is 0.0991. The van der Waals surface area contributed by atoms with Gasteiger partial charge in [0.1, 0.15) is 30.0 Å². The van der Waals surface area contributed by atoms with E-state index in [0.717, 1.165) is 26.4 Å². The summed E-state index contributed by atoms with van der Waals surface area (Å²) < 4.78 is 16.1. The summed E-state index contributed by atoms with van der Waals surface area (Å²) in [5.74, 6) is -2.49. The van der Waals surface area contributed by atoms with Crippen LogP contribution in [0.1, 0.15) is 105 Å². The number of carbonyl (C=O) groups excluding carboxylic acids is 3. The monoisotopic (exact) mass is 604 g/mol. The highest BCUT2D eigenvalue weighted by molar-refractivity contribution is 5.95. The predicted molar refractivity (Wildman–Crippen MR) is 160 cm³/mol. The molecule has 43 heavy (non-hydrogen) atoms. The molecule has 4 aliphatic rings. The fraction of sp³-hybridized carbons (Fsp3) is 0.794. The van der Waals surface area contributed by atoms with E-state index in [0.29, 0.717) is 18.4 Å². The number of hydrogen-bond donors (Lipinski definition) is 3. The molecule has 0 saturated heterocycles. The van der Waals surface area contributed by atoms with Crippen molar-refractivity contribution in [2.45, 2.75) is 129 Å². The molecule has 242 valence electrons. The summed E-state index contributed by atoms with van der Waals surface area (Å²) >= 11 is 0. The number of unbranched alkanes of at least 4 members (excludes halogenated alkanes) is 8. The molecule has 3 N–H and O–H groups in total. The third kappa shape index (κ3) is 5.37. The Kier molecular flexibility index (Phi) is 9.89. The van der Waals surface area contributed by atoms with Gasteiger partial charge in [-0.1, -0.05) is 91.2 Å². The number of aliphatic hydroxyl groups is 3. The van der Waals surface area contributed by atoms with Crippen molar-refractivity contribution in [2.24, 2.45) is 28.6 Å². The molecule has 0 aromatic carbocycles. The number of ketones is 1. The number of carbonyl (C=O) groups is 3. The van der Waals surface area contributed by atoms with Crippen molar-refractivity contribution in [2.75, 3.05) is 13.7 Å². The summed E-state index contributed by atoms with van der Waals surface area (Å²) in [5, 5.41) is 35.1. The average molecular weight is 605 g/mol. The lowest BCUT2D eigenvalue weighted by atomic mass is 9.59. The van der Waals surface area contributed by atoms with Gasteiger partial charge in [0.15, 0.2) is 5.78 Å². The van der Waals surface area contributed by atoms with Gasteiger partial charge in [0.2, 0.25) is 0 Å². The molecule has 2 bridgehead atoms. The van der Waals surface area contributed by atoms with E-state index in [2.05, 4.69) is 11.7 Å². The minimum Gasteiger partial charge on any atom is -0.458 e. The Hall–Kier alpha value is -2.23. The number of allylic oxidation sites excluding steroid dienone is 1. The molecule has 2 saturated carbocycles. The number of rotatable bonds is 13. The van der Waals surface area contributed by atoms with Gasteiger partial charge in [-0.05, 0) is 36.8 Å². The smallest absolute Gasteiger partial charge is 0.458 e. The fourth-order valence-corrected chi connectivity index (χ4v) is 8.75. The highest BCUT2D eigenvalue weighted by atomic mass is 16.7. The van der Waals surface area contributed by atoms with Crippen LogP contribution in [-0.2, 0) is 23.8 Å². The molecule has 1 spiro atoms. The van der Waals surface area contributed by atoms with Crippen molar-refractivity contribution < 1.29 is 43.9 Å². The second kappa shape index (κ2) is 12.6. The van der Waals surface area contributed by atoms with Crippen LogP contribution in [0.3, 0.4) is 0 Å². The molecule has 0 amide bonds. The van der Waals surface area contributed by atoms with Crippen LogP contribution in [0.5, 0.6) is 0 Å². The van der Waals surface area contributed by atoms with Crippen LogP contribution in [0.4, 0.5) is 4.79 Å². The third-order valence-corrected chi connectivity index (χ3v) is 11.2. The molecule has 0 unspecified atom stereocenters. The zero-order valence-electron chi connectivity index (χ0n) is 26.8. The number of fused-ring (bicyclic) bond motifs is 3. The largest absolute Gasteiger partial charge is 0.508 e. The lowest BCUT2D eigenvalue weighted by Gasteiger charge is -2.48. The van der Waals surface area contributed by atoms with Crippen molar-refractivity contribution in [1.29, 1.82) is 0 Å². The van der Waals surface area contributed by atoms with E-state index in [9.17, 15) is 29.7 Å². The molecule has 8 atom stereocenters. The summed E-state index contributed by atoms with van der Waals surface area (Å²) in [4.78, 5) is 39.7. The van der Waals surface area contributed by atoms with E-state index in [1.807, 2.05) is 20.8 Å². The lowest BCUT2D eigenvalue weighted by Crippen LogP contribution is -2.65. The SMILES string of the molecule is CCCCCCCCCCCC(=O)O[C@@]12C[C@@H](C)[C@]34C=C(C)[C@H](O)[C@@]3(O)[C@H](O)C(COC(=O)OC)=C[C@H](C4=O)[C@@H]1C2(C)C. The summed E-state index contributed by atoms with van der Waals surface area (Å²) in [5.41, 5.74) is -4.98. The molecule has 9 heteroatoms. The Bertz CT molecular complexity index is 1140. The van der Waals surface area contributed by atoms with E-state index in [4.69, 9.17) is 9.47 Å². The summed E-state index contributed by atoms with van der Waals surface area (Å²) in [6.45, 7) is 9.18. The second-order valence-electron chi connectivity index (χ2n) is 14.0. The molecule has 4 rings (SSSR count). The molecular formula is C34H52O9. The molecular weight excluding hydrogens is 552 g/mol. The number of methoxy groups -OCH3 is 1. The van der Waals surface area contributed by atoms with Gasteiger partial charge >= 0.3 is 12.1 Å². The van der Waals surface area contributed by atoms with Crippen molar-refractivity contribution in [3.8, 4) is 0 Å². The summed E-state index contributed by atoms with van der Waals surface area (Å²) in [6.07, 6.45) is 9.81. The Morgan fingerprint density at radius 3 is 2.21 bits per heavy atom. The number of Topliss-reactive ketones (excluding diaryl/α,β-unsaturated/α-hetero) is 1. The Labute approximate surface area is 256 Å². The Balaban J connectivity index is 1.58. The van der Waals surface area contributed by atoms with E-state index >= 15 is 0 Å². The van der Waals surface area contributed by atoms with Crippen LogP contribution in [0.25, 0.3) is 0 Å². The van der Waals surface area contributed by atoms with Gasteiger partial charge in [0.05, 0.1) is 12.5 Å². The maximum atomic E-state index is 14.6. The van der Waals surface area contributed by atoms with Gasteiger partial charge in [-0.15, -0.1) is 0 Å². The maximum Gasteiger partial charge on any atom is 0.508 e. The first-order valence-electron chi connectivity index (χ1n) is 16.2. The zero-order chi connectivity index (χ0) is 31.8. The first-order valence-corrected chi connectivity index (χ1v) is 16.2. The van der Waals surface area contributed by atoms with E-state index in [1.54, 1.807) is 19.1 Å². The van der Waals surface area contributed by atoms with Crippen LogP contribution in [0.2, 0.25) is 0 Å². The standard InChI is InChI=1S/C34H52O9/c1-7-8-9-10-11-12-13-14-15-16-25(35)43-33-19-22(3)32-18-21(2)27(36)34(32,40)28(37)23(20-42-30(39)41-6)17-24(29(32)38)26(33)31(33,4)5/h17-18,22,24,26-28,36-37,40H,7-16,19-20H2,1-6H3/t22-,24+,26-,27+,28-,32+,33+,34-/m1/s1. The molecule has 2 fully saturated rings. The minimum atomic E-state index is -2.30. The predicted octanol–water partition coefficient (Wildman–Crippen LogP) is 5.19. The molecule has 0 radical (unpaired) electrons. The Morgan fingerprint density at radius 1 is 1.00 bits per heavy atom. The molecule has 0 aromatic heterocycles. The maximum absolute atomic E-state index is 14.6. The van der Waals surface area contributed by atoms with Crippen LogP contribution >= 0.6 is 0 Å². The van der Waals surface area contributed by atoms with Crippen LogP contribution in [0, 0.1) is 28.6 Å². The normalized spacial score (nSPS) is 37.2. The number of esters is 1. The van der Waals surface area contributed by atoms with Crippen molar-refractivity contribution in [1.82, 2.24) is 0 Å². The summed E-state index contributed by atoms with van der Waals surface area (Å²) in [7, 11) is 1.16. The number of aliphatic hydroxyl groups excluding tert-OH is 2. The van der Waals surface area contributed by atoms with Crippen molar-refractivity contribution in [3.63, 3.8) is 0 Å². The molecule has 4 aliphatic carbocycles. The van der Waals surface area contributed by atoms with Gasteiger partial charge in [0, 0.05) is 23.7 Å². The van der Waals surface area contributed by atoms with Gasteiger partial charge in [-0.2, -0.15) is 0 Å². The molecule has 0 aliphatic heterocycles. The van der Waals surface area contributed by atoms with Crippen molar-refractivity contribution in [3.05, 3.63) is 23.3 Å². The van der Waals surface area contributed by atoms with Crippen LogP contribution in [0.15, 0.2) is 23.3 Å². The zero-order valence-corrected chi connectivity index (χ0v) is 26.8. The topological polar surface area (TPSA) is 140 Å². The first-order chi connectivity index (χ1) is 20.3. The van der Waals surface area contributed by atoms with E-state index in [-0.39, 0.29) is 17.3 Å². The molecule has 0 heterocycles. The lowest BCUT2D eigenvalue weighted by molar-refractivity contribution is -0.192. The van der Waals surface area contributed by atoms with Gasteiger partial charge < -0.3 is 29.5 Å². The first kappa shape index (κ1) is 33.7. The van der Waals surface area contributed by atoms with Gasteiger partial charge in [-0.3, -0.25) is 9.59 Å². The number of hydrogen-bond acceptors (Lipinski definition) is 9. The van der Waals surface area contributed by atoms with Gasteiger partial charge in [-0.25, -0.2) is 4.79 Å². The average Bonchev–Trinajstić information content (AvgIpc) is 3.38. The number of ether oxygens (including phenoxy) is 3. The molecule has 0 aromatic rings. The van der Waals surface area contributed by atoms with Crippen LogP contribution < -0.4 is 0 Å². The fourth-order valence-electron chi connectivity index (χ4n) is 8.75. The highest BCUT2D eigenvalue weighted by Gasteiger charge is 2.83. The van der Waals surface area contributed by atoms with Crippen molar-refractivity contribution >= 4 is 17.9 Å². The van der Waals surface area contributed by atoms with E-state index in [1.165, 1.54) is 38.5 Å². The van der Waals surface area contributed by atoms with Gasteiger partial charge in [0.25, 0.3) is 0 Å². The Morgan fingerprint density at radius 2 is 1.60 bits per heavy atom. The van der Waals surface area contributed by atoms with E-state index < -0.39 is 64.8 Å². The van der Waals surface area contributed by atoms with Crippen LogP contribution in [-0.4, -0.2) is 70.4 Å². The quantitative estimate of drug-likeness (QED) is 0.147. The second-order valence-corrected chi connectivity index (χ2v) is 14.0. The third-order valence-electron chi connectivity index (χ3n) is 11.2.